The molecule has 0 atom stereocenters. The first-order valence-electron chi connectivity index (χ1n) is 15.6. The Kier molecular flexibility index (Phi) is 7.12. The van der Waals surface area contributed by atoms with Crippen LogP contribution in [0.1, 0.15) is 5.56 Å². The van der Waals surface area contributed by atoms with E-state index in [2.05, 4.69) is 84.3 Å². The molecule has 47 heavy (non-hydrogen) atoms. The molecule has 0 spiro atoms. The van der Waals surface area contributed by atoms with E-state index in [1.807, 2.05) is 79.3 Å². The zero-order valence-electron chi connectivity index (χ0n) is 25.7. The molecule has 0 bridgehead atoms. The lowest BCUT2D eigenvalue weighted by molar-refractivity contribution is 0.477. The van der Waals surface area contributed by atoms with Crippen LogP contribution in [-0.2, 0) is 0 Å². The van der Waals surface area contributed by atoms with E-state index >= 15 is 0 Å². The maximum atomic E-state index is 10.9. The molecule has 0 amide bonds. The van der Waals surface area contributed by atoms with Crippen molar-refractivity contribution in [1.82, 2.24) is 19.5 Å². The van der Waals surface area contributed by atoms with Crippen molar-refractivity contribution in [2.75, 3.05) is 0 Å². The second kappa shape index (κ2) is 11.9. The van der Waals surface area contributed by atoms with Gasteiger partial charge in [0.25, 0.3) is 0 Å². The third-order valence-corrected chi connectivity index (χ3v) is 8.56. The van der Waals surface area contributed by atoms with Crippen LogP contribution in [0, 0.1) is 6.92 Å². The second-order valence-corrected chi connectivity index (χ2v) is 11.6. The fraction of sp³-hybridized carbons (Fsp3) is 0.0238. The number of aromatic hydroxyl groups is 1. The highest BCUT2D eigenvalue weighted by atomic mass is 16.3. The average Bonchev–Trinajstić information content (AvgIpc) is 3.52. The molecule has 5 aromatic carbocycles. The molecule has 0 fully saturated rings. The predicted molar refractivity (Wildman–Crippen MR) is 190 cm³/mol. The van der Waals surface area contributed by atoms with Gasteiger partial charge in [0.15, 0.2) is 0 Å². The number of benzene rings is 5. The van der Waals surface area contributed by atoms with Crippen molar-refractivity contribution < 1.29 is 5.11 Å². The number of rotatable bonds is 6. The van der Waals surface area contributed by atoms with Crippen molar-refractivity contribution in [1.29, 1.82) is 0 Å². The number of para-hydroxylation sites is 2. The average molecular weight is 607 g/mol. The molecule has 5 heteroatoms. The first-order valence-corrected chi connectivity index (χ1v) is 15.6. The Morgan fingerprint density at radius 3 is 1.91 bits per heavy atom. The molecule has 0 saturated heterocycles. The summed E-state index contributed by atoms with van der Waals surface area (Å²) in [6.45, 7) is 2.10. The lowest BCUT2D eigenvalue weighted by Gasteiger charge is -2.13. The van der Waals surface area contributed by atoms with Gasteiger partial charge in [-0.05, 0) is 88.8 Å². The number of phenols is 1. The molecule has 224 valence electrons. The molecule has 3 aromatic heterocycles. The number of phenolic OH excluding ortho intramolecular Hbond substituents is 1. The molecule has 8 aromatic rings. The van der Waals surface area contributed by atoms with Gasteiger partial charge in [0.1, 0.15) is 17.1 Å². The Balaban J connectivity index is 1.38. The third-order valence-electron chi connectivity index (χ3n) is 8.56. The molecule has 1 N–H and O–H groups in total. The molecule has 0 aliphatic carbocycles. The fourth-order valence-corrected chi connectivity index (χ4v) is 6.23. The summed E-state index contributed by atoms with van der Waals surface area (Å²) >= 11 is 0. The van der Waals surface area contributed by atoms with Crippen LogP contribution < -0.4 is 0 Å². The molecule has 3 heterocycles. The lowest BCUT2D eigenvalue weighted by Crippen LogP contribution is -1.97. The molecule has 0 saturated carbocycles. The Morgan fingerprint density at radius 1 is 0.532 bits per heavy atom. The first kappa shape index (κ1) is 28.2. The highest BCUT2D eigenvalue weighted by Crippen LogP contribution is 2.39. The Morgan fingerprint density at radius 2 is 1.17 bits per heavy atom. The monoisotopic (exact) mass is 606 g/mol. The summed E-state index contributed by atoms with van der Waals surface area (Å²) in [5, 5.41) is 10.9. The largest absolute Gasteiger partial charge is 0.507 e. The molecule has 0 aliphatic rings. The number of aryl methyl sites for hydroxylation is 1. The molecule has 0 radical (unpaired) electrons. The van der Waals surface area contributed by atoms with E-state index in [1.54, 1.807) is 6.07 Å². The zero-order valence-corrected chi connectivity index (χ0v) is 25.7. The summed E-state index contributed by atoms with van der Waals surface area (Å²) in [6, 6.07) is 47.0. The number of hydrogen-bond acceptors (Lipinski definition) is 4. The van der Waals surface area contributed by atoms with Gasteiger partial charge in [0, 0.05) is 29.2 Å². The topological polar surface area (TPSA) is 63.8 Å². The van der Waals surface area contributed by atoms with Gasteiger partial charge in [0.2, 0.25) is 0 Å². The van der Waals surface area contributed by atoms with Crippen molar-refractivity contribution >= 4 is 11.0 Å². The van der Waals surface area contributed by atoms with Crippen LogP contribution in [0.15, 0.2) is 158 Å². The zero-order chi connectivity index (χ0) is 31.7. The standard InChI is InChI=1S/C42H30N4O/c1-28-25-44-38(24-36(28)30-15-7-3-8-16-30)33-22-31(29-13-5-2-6-14-29)21-32(23-33)37-26-43-27-39-41(37)45-42(35-19-11-12-20-40(35)47)46(39)34-17-9-4-10-18-34/h2-27,47H,1H3. The van der Waals surface area contributed by atoms with Gasteiger partial charge in [-0.25, -0.2) is 4.98 Å². The van der Waals surface area contributed by atoms with Gasteiger partial charge < -0.3 is 5.11 Å². The van der Waals surface area contributed by atoms with Crippen LogP contribution in [0.3, 0.4) is 0 Å². The van der Waals surface area contributed by atoms with E-state index < -0.39 is 0 Å². The number of hydrogen-bond donors (Lipinski definition) is 1. The second-order valence-electron chi connectivity index (χ2n) is 11.6. The maximum Gasteiger partial charge on any atom is 0.149 e. The molecule has 0 unspecified atom stereocenters. The SMILES string of the molecule is Cc1cnc(-c2cc(-c3ccccc3)cc(-c3cncc4c3nc(-c3ccccc3O)n4-c3ccccc3)c2)cc1-c1ccccc1. The molecule has 5 nitrogen and oxygen atoms in total. The number of imidazole rings is 1. The van der Waals surface area contributed by atoms with E-state index in [-0.39, 0.29) is 5.75 Å². The van der Waals surface area contributed by atoms with Crippen molar-refractivity contribution in [3.63, 3.8) is 0 Å². The highest BCUT2D eigenvalue weighted by molar-refractivity contribution is 5.96. The van der Waals surface area contributed by atoms with Crippen LogP contribution in [-0.4, -0.2) is 24.6 Å². The van der Waals surface area contributed by atoms with Crippen LogP contribution in [0.2, 0.25) is 0 Å². The lowest BCUT2D eigenvalue weighted by atomic mass is 9.93. The van der Waals surface area contributed by atoms with Crippen molar-refractivity contribution in [3.05, 3.63) is 164 Å². The van der Waals surface area contributed by atoms with Gasteiger partial charge in [-0.1, -0.05) is 91.0 Å². The van der Waals surface area contributed by atoms with Crippen molar-refractivity contribution in [3.8, 4) is 67.5 Å². The predicted octanol–water partition coefficient (Wildman–Crippen LogP) is 10.2. The van der Waals surface area contributed by atoms with E-state index in [4.69, 9.17) is 15.0 Å². The van der Waals surface area contributed by atoms with Crippen molar-refractivity contribution in [2.45, 2.75) is 6.92 Å². The fourth-order valence-electron chi connectivity index (χ4n) is 6.23. The van der Waals surface area contributed by atoms with Crippen LogP contribution in [0.5, 0.6) is 5.75 Å². The Hall–Kier alpha value is -6.33. The van der Waals surface area contributed by atoms with Gasteiger partial charge in [-0.3, -0.25) is 14.5 Å². The van der Waals surface area contributed by atoms with Gasteiger partial charge in [-0.2, -0.15) is 0 Å². The number of aromatic nitrogens is 4. The summed E-state index contributed by atoms with van der Waals surface area (Å²) in [4.78, 5) is 14.9. The summed E-state index contributed by atoms with van der Waals surface area (Å²) in [6.07, 6.45) is 5.68. The van der Waals surface area contributed by atoms with Crippen molar-refractivity contribution in [2.24, 2.45) is 0 Å². The Labute approximate surface area is 273 Å². The minimum absolute atomic E-state index is 0.169. The Bertz CT molecular complexity index is 2370. The summed E-state index contributed by atoms with van der Waals surface area (Å²) < 4.78 is 2.07. The van der Waals surface area contributed by atoms with Crippen LogP contribution in [0.25, 0.3) is 72.7 Å². The minimum atomic E-state index is 0.169. The minimum Gasteiger partial charge on any atom is -0.507 e. The summed E-state index contributed by atoms with van der Waals surface area (Å²) in [5.41, 5.74) is 12.6. The van der Waals surface area contributed by atoms with Gasteiger partial charge in [0.05, 0.1) is 23.0 Å². The quantitative estimate of drug-likeness (QED) is 0.205. The normalized spacial score (nSPS) is 11.2. The maximum absolute atomic E-state index is 10.9. The molecular formula is C42H30N4O. The summed E-state index contributed by atoms with van der Waals surface area (Å²) in [7, 11) is 0. The van der Waals surface area contributed by atoms with Gasteiger partial charge >= 0.3 is 0 Å². The van der Waals surface area contributed by atoms with E-state index in [1.165, 1.54) is 0 Å². The highest BCUT2D eigenvalue weighted by Gasteiger charge is 2.21. The van der Waals surface area contributed by atoms with Crippen LogP contribution >= 0.6 is 0 Å². The molecule has 8 rings (SSSR count). The van der Waals surface area contributed by atoms with E-state index in [0.717, 1.165) is 66.9 Å². The third kappa shape index (κ3) is 5.24. The van der Waals surface area contributed by atoms with Gasteiger partial charge in [-0.15, -0.1) is 0 Å². The number of fused-ring (bicyclic) bond motifs is 1. The molecular weight excluding hydrogens is 576 g/mol. The number of nitrogens with zero attached hydrogens (tertiary/aromatic N) is 4. The van der Waals surface area contributed by atoms with Crippen LogP contribution in [0.4, 0.5) is 0 Å². The number of pyridine rings is 2. The van der Waals surface area contributed by atoms with E-state index in [0.29, 0.717) is 11.4 Å². The smallest absolute Gasteiger partial charge is 0.149 e. The summed E-state index contributed by atoms with van der Waals surface area (Å²) in [5.74, 6) is 0.813. The molecule has 0 aliphatic heterocycles. The van der Waals surface area contributed by atoms with E-state index in [9.17, 15) is 5.11 Å². The first-order chi connectivity index (χ1) is 23.1.